The molecule has 0 bridgehead atoms. The molecule has 2 aromatic rings. The number of hydrogen-bond donors (Lipinski definition) is 1. The van der Waals surface area contributed by atoms with Gasteiger partial charge in [-0.25, -0.2) is 4.98 Å². The summed E-state index contributed by atoms with van der Waals surface area (Å²) in [6, 6.07) is 7.48. The van der Waals surface area contributed by atoms with Gasteiger partial charge in [-0.2, -0.15) is 0 Å². The van der Waals surface area contributed by atoms with E-state index in [4.69, 9.17) is 4.74 Å². The number of fused-ring (bicyclic) bond motifs is 1. The number of imide groups is 2. The van der Waals surface area contributed by atoms with Crippen molar-refractivity contribution in [2.24, 2.45) is 5.92 Å². The number of ether oxygens (including phenoxy) is 1. The van der Waals surface area contributed by atoms with Crippen molar-refractivity contribution in [3.8, 4) is 5.75 Å². The quantitative estimate of drug-likeness (QED) is 0.262. The summed E-state index contributed by atoms with van der Waals surface area (Å²) in [4.78, 5) is 70.2. The fraction of sp³-hybridized carbons (Fsp3) is 0.500. The first-order chi connectivity index (χ1) is 20.7. The zero-order valence-corrected chi connectivity index (χ0v) is 23.9. The van der Waals surface area contributed by atoms with E-state index in [0.29, 0.717) is 17.7 Å². The number of benzene rings is 1. The van der Waals surface area contributed by atoms with Crippen molar-refractivity contribution in [2.45, 2.75) is 63.6 Å². The molecule has 3 fully saturated rings. The molecule has 1 aromatic carbocycles. The number of piperidine rings is 2. The maximum atomic E-state index is 13.1. The normalized spacial score (nSPS) is 24.2. The molecular formula is C30H34N6O7. The molecule has 43 heavy (non-hydrogen) atoms. The van der Waals surface area contributed by atoms with Crippen LogP contribution in [0.1, 0.15) is 66.2 Å². The van der Waals surface area contributed by atoms with Crippen molar-refractivity contribution < 1.29 is 28.8 Å². The number of rotatable bonds is 9. The summed E-state index contributed by atoms with van der Waals surface area (Å²) in [6.45, 7) is 5.84. The van der Waals surface area contributed by atoms with Crippen LogP contribution in [-0.4, -0.2) is 87.7 Å². The van der Waals surface area contributed by atoms with E-state index in [9.17, 15) is 29.3 Å². The van der Waals surface area contributed by atoms with Gasteiger partial charge in [0.15, 0.2) is 0 Å². The van der Waals surface area contributed by atoms with Crippen LogP contribution in [0.3, 0.4) is 0 Å². The second-order valence-corrected chi connectivity index (χ2v) is 11.7. The molecule has 13 nitrogen and oxygen atoms in total. The highest BCUT2D eigenvalue weighted by atomic mass is 16.6. The Morgan fingerprint density at radius 1 is 1.05 bits per heavy atom. The summed E-state index contributed by atoms with van der Waals surface area (Å²) < 4.78 is 6.19. The van der Waals surface area contributed by atoms with Crippen molar-refractivity contribution in [3.05, 3.63) is 57.8 Å². The van der Waals surface area contributed by atoms with E-state index in [1.54, 1.807) is 24.3 Å². The molecule has 6 rings (SSSR count). The summed E-state index contributed by atoms with van der Waals surface area (Å²) in [5, 5.41) is 13.1. The average molecular weight is 591 g/mol. The van der Waals surface area contributed by atoms with Crippen LogP contribution in [0.2, 0.25) is 0 Å². The number of hydrogen-bond acceptors (Lipinski definition) is 10. The van der Waals surface area contributed by atoms with Crippen LogP contribution in [0.4, 0.5) is 11.5 Å². The van der Waals surface area contributed by atoms with Gasteiger partial charge in [0.25, 0.3) is 17.5 Å². The van der Waals surface area contributed by atoms with Crippen LogP contribution in [0.25, 0.3) is 0 Å². The highest BCUT2D eigenvalue weighted by Crippen LogP contribution is 2.35. The molecule has 3 aliphatic heterocycles. The molecule has 2 saturated heterocycles. The van der Waals surface area contributed by atoms with Crippen LogP contribution < -0.4 is 15.0 Å². The van der Waals surface area contributed by atoms with E-state index < -0.39 is 34.6 Å². The Morgan fingerprint density at radius 2 is 1.79 bits per heavy atom. The number of aromatic nitrogens is 1. The molecule has 0 radical (unpaired) electrons. The highest BCUT2D eigenvalue weighted by molar-refractivity contribution is 6.23. The molecular weight excluding hydrogens is 556 g/mol. The van der Waals surface area contributed by atoms with Gasteiger partial charge in [0, 0.05) is 51.0 Å². The Balaban J connectivity index is 0.989. The minimum absolute atomic E-state index is 0.00352. The van der Waals surface area contributed by atoms with Gasteiger partial charge in [0.05, 0.1) is 16.1 Å². The summed E-state index contributed by atoms with van der Waals surface area (Å²) in [6.07, 6.45) is 5.30. The number of carbonyl (C=O) groups excluding carboxylic acids is 4. The highest BCUT2D eigenvalue weighted by Gasteiger charge is 2.45. The van der Waals surface area contributed by atoms with E-state index in [2.05, 4.69) is 27.0 Å². The zero-order valence-electron chi connectivity index (χ0n) is 23.9. The number of nitro groups is 1. The monoisotopic (exact) mass is 590 g/mol. The first-order valence-corrected chi connectivity index (χ1v) is 14.8. The molecule has 4 aliphatic rings. The predicted molar refractivity (Wildman–Crippen MR) is 154 cm³/mol. The summed E-state index contributed by atoms with van der Waals surface area (Å²) in [5.41, 5.74) is 0.450. The fourth-order valence-electron chi connectivity index (χ4n) is 6.53. The predicted octanol–water partition coefficient (Wildman–Crippen LogP) is 2.54. The first kappa shape index (κ1) is 28.7. The van der Waals surface area contributed by atoms with Gasteiger partial charge in [-0.15, -0.1) is 0 Å². The topological polar surface area (TPSA) is 155 Å². The number of carbonyl (C=O) groups is 4. The largest absolute Gasteiger partial charge is 0.490 e. The van der Waals surface area contributed by atoms with E-state index >= 15 is 0 Å². The summed E-state index contributed by atoms with van der Waals surface area (Å²) in [5.74, 6) is -0.258. The molecule has 4 amide bonds. The smallest absolute Gasteiger partial charge is 0.287 e. The molecule has 1 atom stereocenters. The number of pyridine rings is 1. The van der Waals surface area contributed by atoms with Gasteiger partial charge >= 0.3 is 0 Å². The molecule has 226 valence electrons. The van der Waals surface area contributed by atoms with Crippen LogP contribution in [-0.2, 0) is 9.59 Å². The van der Waals surface area contributed by atoms with Crippen molar-refractivity contribution in [1.29, 1.82) is 0 Å². The van der Waals surface area contributed by atoms with Gasteiger partial charge in [0.1, 0.15) is 29.9 Å². The molecule has 13 heteroatoms. The van der Waals surface area contributed by atoms with Gasteiger partial charge in [-0.05, 0) is 56.0 Å². The van der Waals surface area contributed by atoms with Crippen molar-refractivity contribution in [2.75, 3.05) is 31.1 Å². The molecule has 1 saturated carbocycles. The lowest BCUT2D eigenvalue weighted by Crippen LogP contribution is -2.54. The van der Waals surface area contributed by atoms with Crippen molar-refractivity contribution in [3.63, 3.8) is 0 Å². The molecule has 1 unspecified atom stereocenters. The first-order valence-electron chi connectivity index (χ1n) is 14.8. The number of nitrogens with one attached hydrogen (secondary N) is 1. The lowest BCUT2D eigenvalue weighted by Gasteiger charge is -2.44. The van der Waals surface area contributed by atoms with E-state index in [-0.39, 0.29) is 35.8 Å². The standard InChI is InChI=1S/C30H34N6O7/c1-2-33(17-18-9-11-34(12-10-18)26-7-3-19(16-31-26)36(41)42)20-13-22(14-20)43-21-4-5-23-24(15-21)30(40)35(29(23)39)25-6-8-27(37)32-28(25)38/h3-5,7,15-16,18,20,22,25H,2,6,8-14,17H2,1H3,(H,32,37,38)/t20-,22-,25?. The van der Waals surface area contributed by atoms with Crippen LogP contribution in [0.15, 0.2) is 36.5 Å². The van der Waals surface area contributed by atoms with Crippen molar-refractivity contribution >= 4 is 35.1 Å². The number of amides is 4. The zero-order chi connectivity index (χ0) is 30.2. The minimum Gasteiger partial charge on any atom is -0.490 e. The Labute approximate surface area is 248 Å². The van der Waals surface area contributed by atoms with Gasteiger partial charge < -0.3 is 14.5 Å². The van der Waals surface area contributed by atoms with Gasteiger partial charge in [-0.1, -0.05) is 6.92 Å². The Morgan fingerprint density at radius 3 is 2.44 bits per heavy atom. The molecule has 0 spiro atoms. The Bertz CT molecular complexity index is 1450. The second kappa shape index (κ2) is 11.7. The molecule has 4 heterocycles. The van der Waals surface area contributed by atoms with Gasteiger partial charge in [0.2, 0.25) is 11.8 Å². The van der Waals surface area contributed by atoms with Crippen LogP contribution in [0, 0.1) is 16.0 Å². The average Bonchev–Trinajstić information content (AvgIpc) is 3.23. The van der Waals surface area contributed by atoms with E-state index in [0.717, 1.165) is 62.6 Å². The number of anilines is 1. The molecule has 1 aliphatic carbocycles. The van der Waals surface area contributed by atoms with Crippen LogP contribution in [0.5, 0.6) is 5.75 Å². The third-order valence-corrected chi connectivity index (χ3v) is 9.08. The van der Waals surface area contributed by atoms with E-state index in [1.807, 2.05) is 0 Å². The van der Waals surface area contributed by atoms with Crippen molar-refractivity contribution in [1.82, 2.24) is 20.1 Å². The molecule has 1 N–H and O–H groups in total. The fourth-order valence-corrected chi connectivity index (χ4v) is 6.53. The summed E-state index contributed by atoms with van der Waals surface area (Å²) in [7, 11) is 0. The Hall–Kier alpha value is -4.39. The van der Waals surface area contributed by atoms with Gasteiger partial charge in [-0.3, -0.25) is 39.5 Å². The SMILES string of the molecule is CCN(CC1CCN(c2ccc([N+](=O)[O-])cn2)CC1)[C@H]1C[C@H](Oc2ccc3c(c2)C(=O)N(C2CCC(=O)NC2=O)C3=O)C1. The van der Waals surface area contributed by atoms with E-state index in [1.165, 1.54) is 12.3 Å². The molecule has 1 aromatic heterocycles. The lowest BCUT2D eigenvalue weighted by atomic mass is 9.86. The third-order valence-electron chi connectivity index (χ3n) is 9.08. The van der Waals surface area contributed by atoms with Crippen LogP contribution >= 0.6 is 0 Å². The lowest BCUT2D eigenvalue weighted by molar-refractivity contribution is -0.385. The maximum Gasteiger partial charge on any atom is 0.287 e. The Kier molecular flexibility index (Phi) is 7.82. The third kappa shape index (κ3) is 5.68. The number of nitrogens with zero attached hydrogens (tertiary/aromatic N) is 5. The minimum atomic E-state index is -0.992. The summed E-state index contributed by atoms with van der Waals surface area (Å²) >= 11 is 0. The maximum absolute atomic E-state index is 13.1. The second-order valence-electron chi connectivity index (χ2n) is 11.7.